The van der Waals surface area contributed by atoms with Crippen LogP contribution in [0.15, 0.2) is 49.1 Å². The molecule has 0 aliphatic heterocycles. The normalized spacial score (nSPS) is 11.0. The Bertz CT molecular complexity index is 1200. The molecule has 0 aliphatic rings. The zero-order chi connectivity index (χ0) is 22.7. The number of amides is 1. The first-order valence-electron chi connectivity index (χ1n) is 9.76. The number of halogens is 2. The van der Waals surface area contributed by atoms with Gasteiger partial charge in [-0.1, -0.05) is 22.9 Å². The van der Waals surface area contributed by atoms with Crippen LogP contribution in [0, 0.1) is 5.82 Å². The molecule has 0 saturated heterocycles. The van der Waals surface area contributed by atoms with Crippen LogP contribution in [0.3, 0.4) is 0 Å². The first-order valence-corrected chi connectivity index (χ1v) is 11.0. The first-order chi connectivity index (χ1) is 15.5. The summed E-state index contributed by atoms with van der Waals surface area (Å²) in [6.45, 7) is 1.04. The van der Waals surface area contributed by atoms with Crippen molar-refractivity contribution >= 4 is 44.2 Å². The summed E-state index contributed by atoms with van der Waals surface area (Å²) in [5.41, 5.74) is 0.804. The van der Waals surface area contributed by atoms with Gasteiger partial charge in [0.1, 0.15) is 27.5 Å². The predicted octanol–water partition coefficient (Wildman–Crippen LogP) is 5.04. The molecule has 2 aromatic heterocycles. The number of anilines is 1. The lowest BCUT2D eigenvalue weighted by atomic mass is 10.2. The number of imidazole rings is 1. The van der Waals surface area contributed by atoms with E-state index in [0.29, 0.717) is 41.7 Å². The number of ether oxygens (including phenoxy) is 2. The Morgan fingerprint density at radius 2 is 2.00 bits per heavy atom. The standard InChI is InChI=1S/C22H20ClFN4O3S/c1-30-17-6-7-18(31-2)20-19(17)26-22(32-20)28(10-3-9-27-11-8-25-13-27)21(29)15-5-4-14(24)12-16(15)23/h4-8,11-13H,3,9-10H2,1-2H3. The molecule has 166 valence electrons. The van der Waals surface area contributed by atoms with Gasteiger partial charge in [0.2, 0.25) is 0 Å². The molecule has 0 spiro atoms. The number of nitrogens with zero attached hydrogens (tertiary/aromatic N) is 4. The number of fused-ring (bicyclic) bond motifs is 1. The number of methoxy groups -OCH3 is 2. The van der Waals surface area contributed by atoms with E-state index in [0.717, 1.165) is 10.8 Å². The summed E-state index contributed by atoms with van der Waals surface area (Å²) >= 11 is 7.51. The third kappa shape index (κ3) is 4.39. The van der Waals surface area contributed by atoms with Gasteiger partial charge in [-0.15, -0.1) is 0 Å². The minimum Gasteiger partial charge on any atom is -0.495 e. The Kier molecular flexibility index (Phi) is 6.57. The predicted molar refractivity (Wildman–Crippen MR) is 123 cm³/mol. The molecule has 0 radical (unpaired) electrons. The van der Waals surface area contributed by atoms with Gasteiger partial charge in [-0.3, -0.25) is 9.69 Å². The van der Waals surface area contributed by atoms with Crippen LogP contribution in [0.4, 0.5) is 9.52 Å². The molecule has 7 nitrogen and oxygen atoms in total. The number of thiazole rings is 1. The van der Waals surface area contributed by atoms with Crippen molar-refractivity contribution in [3.05, 3.63) is 65.5 Å². The fourth-order valence-corrected chi connectivity index (χ4v) is 4.66. The summed E-state index contributed by atoms with van der Waals surface area (Å²) in [7, 11) is 3.14. The Morgan fingerprint density at radius 1 is 1.22 bits per heavy atom. The Morgan fingerprint density at radius 3 is 2.69 bits per heavy atom. The smallest absolute Gasteiger partial charge is 0.261 e. The highest BCUT2D eigenvalue weighted by molar-refractivity contribution is 7.22. The second kappa shape index (κ2) is 9.54. The van der Waals surface area contributed by atoms with E-state index < -0.39 is 5.82 Å². The van der Waals surface area contributed by atoms with Crippen molar-refractivity contribution in [2.45, 2.75) is 13.0 Å². The molecule has 0 unspecified atom stereocenters. The van der Waals surface area contributed by atoms with Crippen molar-refractivity contribution in [3.8, 4) is 11.5 Å². The largest absolute Gasteiger partial charge is 0.495 e. The highest BCUT2D eigenvalue weighted by Gasteiger charge is 2.25. The number of benzene rings is 2. The van der Waals surface area contributed by atoms with Gasteiger partial charge < -0.3 is 14.0 Å². The molecule has 0 N–H and O–H groups in total. The van der Waals surface area contributed by atoms with Gasteiger partial charge in [0.05, 0.1) is 31.1 Å². The number of aromatic nitrogens is 3. The minimum absolute atomic E-state index is 0.0471. The lowest BCUT2D eigenvalue weighted by molar-refractivity contribution is 0.0986. The van der Waals surface area contributed by atoms with Gasteiger partial charge in [-0.2, -0.15) is 0 Å². The van der Waals surface area contributed by atoms with E-state index in [-0.39, 0.29) is 16.5 Å². The van der Waals surface area contributed by atoms with Gasteiger partial charge in [0, 0.05) is 25.5 Å². The first kappa shape index (κ1) is 22.0. The molecule has 10 heteroatoms. The minimum atomic E-state index is -0.507. The van der Waals surface area contributed by atoms with Crippen LogP contribution < -0.4 is 14.4 Å². The third-order valence-corrected chi connectivity index (χ3v) is 6.30. The Hall–Kier alpha value is -3.17. The summed E-state index contributed by atoms with van der Waals surface area (Å²) in [5, 5.41) is 0.518. The number of aryl methyl sites for hydroxylation is 1. The zero-order valence-electron chi connectivity index (χ0n) is 17.4. The summed E-state index contributed by atoms with van der Waals surface area (Å²) < 4.78 is 27.1. The fraction of sp³-hybridized carbons (Fsp3) is 0.227. The highest BCUT2D eigenvalue weighted by Crippen LogP contribution is 2.40. The number of hydrogen-bond donors (Lipinski definition) is 0. The molecule has 4 rings (SSSR count). The molecule has 2 heterocycles. The van der Waals surface area contributed by atoms with Crippen LogP contribution in [0.25, 0.3) is 10.2 Å². The van der Waals surface area contributed by atoms with Crippen molar-refractivity contribution < 1.29 is 18.7 Å². The van der Waals surface area contributed by atoms with Crippen LogP contribution in [0.1, 0.15) is 16.8 Å². The van der Waals surface area contributed by atoms with Crippen LogP contribution in [0.5, 0.6) is 11.5 Å². The molecule has 4 aromatic rings. The average molecular weight is 475 g/mol. The highest BCUT2D eigenvalue weighted by atomic mass is 35.5. The maximum Gasteiger partial charge on any atom is 0.261 e. The van der Waals surface area contributed by atoms with Crippen molar-refractivity contribution in [1.29, 1.82) is 0 Å². The third-order valence-electron chi connectivity index (χ3n) is 4.89. The number of hydrogen-bond acceptors (Lipinski definition) is 6. The number of carbonyl (C=O) groups excluding carboxylic acids is 1. The van der Waals surface area contributed by atoms with E-state index in [9.17, 15) is 9.18 Å². The van der Waals surface area contributed by atoms with Gasteiger partial charge in [0.25, 0.3) is 5.91 Å². The molecule has 2 aromatic carbocycles. The van der Waals surface area contributed by atoms with E-state index in [1.165, 1.54) is 23.5 Å². The summed E-state index contributed by atoms with van der Waals surface area (Å²) in [5.74, 6) is 0.342. The maximum absolute atomic E-state index is 13.5. The second-order valence-corrected chi connectivity index (χ2v) is 8.26. The van der Waals surface area contributed by atoms with E-state index >= 15 is 0 Å². The summed E-state index contributed by atoms with van der Waals surface area (Å²) in [6.07, 6.45) is 5.92. The lowest BCUT2D eigenvalue weighted by Gasteiger charge is -2.20. The molecular weight excluding hydrogens is 455 g/mol. The molecule has 0 aliphatic carbocycles. The summed E-state index contributed by atoms with van der Waals surface area (Å²) in [6, 6.07) is 7.30. The Labute approximate surface area is 193 Å². The van der Waals surface area contributed by atoms with Gasteiger partial charge in [0.15, 0.2) is 5.13 Å². The average Bonchev–Trinajstić information content (AvgIpc) is 3.45. The molecule has 32 heavy (non-hydrogen) atoms. The molecule has 0 atom stereocenters. The fourth-order valence-electron chi connectivity index (χ4n) is 3.31. The monoisotopic (exact) mass is 474 g/mol. The molecule has 0 saturated carbocycles. The molecule has 0 fully saturated rings. The number of rotatable bonds is 8. The van der Waals surface area contributed by atoms with Crippen molar-refractivity contribution in [3.63, 3.8) is 0 Å². The number of carbonyl (C=O) groups is 1. The molecule has 0 bridgehead atoms. The van der Waals surface area contributed by atoms with E-state index in [1.54, 1.807) is 43.8 Å². The molecular formula is C22H20ClFN4O3S. The van der Waals surface area contributed by atoms with Crippen LogP contribution in [0.2, 0.25) is 5.02 Å². The van der Waals surface area contributed by atoms with Crippen molar-refractivity contribution in [2.75, 3.05) is 25.7 Å². The van der Waals surface area contributed by atoms with Gasteiger partial charge in [-0.05, 0) is 36.8 Å². The van der Waals surface area contributed by atoms with E-state index in [4.69, 9.17) is 21.1 Å². The zero-order valence-corrected chi connectivity index (χ0v) is 19.0. The van der Waals surface area contributed by atoms with Gasteiger partial charge in [-0.25, -0.2) is 14.4 Å². The SMILES string of the molecule is COc1ccc(OC)c2sc(N(CCCn3ccnc3)C(=O)c3ccc(F)cc3Cl)nc12. The topological polar surface area (TPSA) is 69.5 Å². The van der Waals surface area contributed by atoms with E-state index in [2.05, 4.69) is 9.97 Å². The van der Waals surface area contributed by atoms with Crippen LogP contribution in [-0.2, 0) is 6.54 Å². The maximum atomic E-state index is 13.5. The van der Waals surface area contributed by atoms with Crippen molar-refractivity contribution in [1.82, 2.24) is 14.5 Å². The summed E-state index contributed by atoms with van der Waals surface area (Å²) in [4.78, 5) is 23.7. The van der Waals surface area contributed by atoms with E-state index in [1.807, 2.05) is 10.8 Å². The van der Waals surface area contributed by atoms with Crippen molar-refractivity contribution in [2.24, 2.45) is 0 Å². The molecule has 1 amide bonds. The quantitative estimate of drug-likeness (QED) is 0.358. The lowest BCUT2D eigenvalue weighted by Crippen LogP contribution is -2.32. The Balaban J connectivity index is 1.73. The van der Waals surface area contributed by atoms with Crippen LogP contribution >= 0.6 is 22.9 Å². The second-order valence-electron chi connectivity index (χ2n) is 6.88. The van der Waals surface area contributed by atoms with Gasteiger partial charge >= 0.3 is 0 Å². The van der Waals surface area contributed by atoms with Crippen LogP contribution in [-0.4, -0.2) is 41.2 Å².